The number of nitrogens with zero attached hydrogens (tertiary/aromatic N) is 1. The lowest BCUT2D eigenvalue weighted by molar-refractivity contribution is -0.109. The van der Waals surface area contributed by atoms with Gasteiger partial charge in [0, 0.05) is 16.1 Å². The van der Waals surface area contributed by atoms with Gasteiger partial charge < -0.3 is 10.1 Å². The van der Waals surface area contributed by atoms with Crippen LogP contribution >= 0.6 is 15.9 Å². The Morgan fingerprint density at radius 2 is 2.36 bits per heavy atom. The standard InChI is InChI=1S/C10H11BrN2O/c1-10(2)8(5-14)13-7-3-6(11)4-12-9(7)10/h3-5,8,13H,1-2H3. The number of hydrogen-bond donors (Lipinski definition) is 1. The molecule has 4 heteroatoms. The van der Waals surface area contributed by atoms with Crippen molar-refractivity contribution in [2.45, 2.75) is 25.3 Å². The summed E-state index contributed by atoms with van der Waals surface area (Å²) in [6, 6.07) is 1.77. The van der Waals surface area contributed by atoms with Crippen molar-refractivity contribution in [1.82, 2.24) is 4.98 Å². The zero-order valence-electron chi connectivity index (χ0n) is 8.04. The number of aromatic nitrogens is 1. The van der Waals surface area contributed by atoms with E-state index in [9.17, 15) is 4.79 Å². The van der Waals surface area contributed by atoms with Gasteiger partial charge in [-0.3, -0.25) is 4.98 Å². The fourth-order valence-electron chi connectivity index (χ4n) is 1.76. The number of carbonyl (C=O) groups is 1. The van der Waals surface area contributed by atoms with E-state index in [1.807, 2.05) is 19.9 Å². The number of pyridine rings is 1. The highest BCUT2D eigenvalue weighted by Crippen LogP contribution is 2.39. The molecule has 1 aliphatic rings. The third-order valence-corrected chi connectivity index (χ3v) is 3.12. The molecule has 0 aliphatic carbocycles. The highest BCUT2D eigenvalue weighted by atomic mass is 79.9. The van der Waals surface area contributed by atoms with Crippen LogP contribution in [0.25, 0.3) is 0 Å². The van der Waals surface area contributed by atoms with Crippen molar-refractivity contribution in [3.63, 3.8) is 0 Å². The van der Waals surface area contributed by atoms with Crippen LogP contribution in [0.5, 0.6) is 0 Å². The van der Waals surface area contributed by atoms with Crippen LogP contribution in [0.15, 0.2) is 16.7 Å². The van der Waals surface area contributed by atoms with Crippen molar-refractivity contribution in [1.29, 1.82) is 0 Å². The number of anilines is 1. The average Bonchev–Trinajstić information content (AvgIpc) is 2.37. The molecule has 1 N–H and O–H groups in total. The van der Waals surface area contributed by atoms with E-state index in [1.165, 1.54) is 0 Å². The number of aldehydes is 1. The van der Waals surface area contributed by atoms with Crippen LogP contribution in [0.1, 0.15) is 19.5 Å². The maximum absolute atomic E-state index is 10.9. The molecule has 0 amide bonds. The van der Waals surface area contributed by atoms with Gasteiger partial charge in [0.1, 0.15) is 6.29 Å². The Hall–Kier alpha value is -0.900. The first-order valence-corrected chi connectivity index (χ1v) is 5.23. The second kappa shape index (κ2) is 3.05. The predicted molar refractivity (Wildman–Crippen MR) is 58.4 cm³/mol. The van der Waals surface area contributed by atoms with Crippen molar-refractivity contribution in [3.05, 3.63) is 22.4 Å². The molecule has 0 saturated carbocycles. The minimum Gasteiger partial charge on any atom is -0.373 e. The topological polar surface area (TPSA) is 42.0 Å². The molecular formula is C10H11BrN2O. The molecule has 1 unspecified atom stereocenters. The number of rotatable bonds is 1. The molecule has 0 saturated heterocycles. The van der Waals surface area contributed by atoms with Crippen molar-refractivity contribution >= 4 is 27.9 Å². The largest absolute Gasteiger partial charge is 0.373 e. The molecule has 1 aliphatic heterocycles. The smallest absolute Gasteiger partial charge is 0.143 e. The predicted octanol–water partition coefficient (Wildman–Crippen LogP) is 2.11. The van der Waals surface area contributed by atoms with Crippen LogP contribution in [0.3, 0.4) is 0 Å². The van der Waals surface area contributed by atoms with Gasteiger partial charge in [0.2, 0.25) is 0 Å². The maximum atomic E-state index is 10.9. The SMILES string of the molecule is CC1(C)c2ncc(Br)cc2NC1C=O. The minimum absolute atomic E-state index is 0.181. The summed E-state index contributed by atoms with van der Waals surface area (Å²) in [5.41, 5.74) is 1.68. The summed E-state index contributed by atoms with van der Waals surface area (Å²) in [6.07, 6.45) is 2.70. The van der Waals surface area contributed by atoms with E-state index < -0.39 is 0 Å². The second-order valence-electron chi connectivity index (χ2n) is 4.03. The molecule has 14 heavy (non-hydrogen) atoms. The summed E-state index contributed by atoms with van der Waals surface area (Å²) in [5, 5.41) is 3.15. The lowest BCUT2D eigenvalue weighted by atomic mass is 9.84. The van der Waals surface area contributed by atoms with Crippen LogP contribution in [0.4, 0.5) is 5.69 Å². The van der Waals surface area contributed by atoms with Gasteiger partial charge in [-0.25, -0.2) is 0 Å². The Kier molecular flexibility index (Phi) is 2.10. The van der Waals surface area contributed by atoms with E-state index in [4.69, 9.17) is 0 Å². The lowest BCUT2D eigenvalue weighted by Gasteiger charge is -2.21. The van der Waals surface area contributed by atoms with Gasteiger partial charge in [-0.1, -0.05) is 13.8 Å². The molecule has 2 heterocycles. The van der Waals surface area contributed by atoms with Crippen LogP contribution in [-0.2, 0) is 10.2 Å². The molecule has 0 spiro atoms. The fourth-order valence-corrected chi connectivity index (χ4v) is 2.09. The zero-order valence-corrected chi connectivity index (χ0v) is 9.63. The molecule has 1 atom stereocenters. The van der Waals surface area contributed by atoms with Gasteiger partial charge in [0.15, 0.2) is 0 Å². The molecule has 74 valence electrons. The first-order chi connectivity index (χ1) is 6.55. The van der Waals surface area contributed by atoms with Gasteiger partial charge in [-0.15, -0.1) is 0 Å². The van der Waals surface area contributed by atoms with Gasteiger partial charge in [-0.2, -0.15) is 0 Å². The molecule has 3 nitrogen and oxygen atoms in total. The summed E-state index contributed by atoms with van der Waals surface area (Å²) in [5.74, 6) is 0. The molecule has 0 fully saturated rings. The number of halogens is 1. The Labute approximate surface area is 91.0 Å². The van der Waals surface area contributed by atoms with Crippen molar-refractivity contribution in [3.8, 4) is 0 Å². The van der Waals surface area contributed by atoms with E-state index >= 15 is 0 Å². The second-order valence-corrected chi connectivity index (χ2v) is 4.95. The van der Waals surface area contributed by atoms with Gasteiger partial charge in [0.05, 0.1) is 17.4 Å². The van der Waals surface area contributed by atoms with Crippen LogP contribution in [-0.4, -0.2) is 17.3 Å². The highest BCUT2D eigenvalue weighted by Gasteiger charge is 2.40. The zero-order chi connectivity index (χ0) is 10.3. The number of hydrogen-bond acceptors (Lipinski definition) is 3. The monoisotopic (exact) mass is 254 g/mol. The van der Waals surface area contributed by atoms with E-state index in [-0.39, 0.29) is 11.5 Å². The first-order valence-electron chi connectivity index (χ1n) is 4.43. The molecule has 0 radical (unpaired) electrons. The first kappa shape index (κ1) is 9.65. The number of carbonyl (C=O) groups excluding carboxylic acids is 1. The maximum Gasteiger partial charge on any atom is 0.143 e. The fraction of sp³-hybridized carbons (Fsp3) is 0.400. The van der Waals surface area contributed by atoms with Gasteiger partial charge in [0.25, 0.3) is 0 Å². The summed E-state index contributed by atoms with van der Waals surface area (Å²) >= 11 is 3.35. The Bertz CT molecular complexity index is 390. The van der Waals surface area contributed by atoms with Crippen LogP contribution in [0.2, 0.25) is 0 Å². The summed E-state index contributed by atoms with van der Waals surface area (Å²) in [4.78, 5) is 15.2. The average molecular weight is 255 g/mol. The molecule has 0 aromatic carbocycles. The Morgan fingerprint density at radius 3 is 3.00 bits per heavy atom. The summed E-state index contributed by atoms with van der Waals surface area (Å²) in [7, 11) is 0. The van der Waals surface area contributed by atoms with Crippen LogP contribution in [0, 0.1) is 0 Å². The van der Waals surface area contributed by atoms with E-state index in [0.29, 0.717) is 0 Å². The van der Waals surface area contributed by atoms with E-state index in [2.05, 4.69) is 26.2 Å². The molecule has 0 bridgehead atoms. The molecule has 1 aromatic heterocycles. The Morgan fingerprint density at radius 1 is 1.64 bits per heavy atom. The molecule has 2 rings (SSSR count). The molecular weight excluding hydrogens is 244 g/mol. The minimum atomic E-state index is -0.224. The molecule has 1 aromatic rings. The summed E-state index contributed by atoms with van der Waals surface area (Å²) in [6.45, 7) is 4.04. The van der Waals surface area contributed by atoms with E-state index in [0.717, 1.165) is 22.1 Å². The summed E-state index contributed by atoms with van der Waals surface area (Å²) < 4.78 is 0.922. The number of fused-ring (bicyclic) bond motifs is 1. The third kappa shape index (κ3) is 1.25. The van der Waals surface area contributed by atoms with Crippen molar-refractivity contribution < 1.29 is 4.79 Å². The quantitative estimate of drug-likeness (QED) is 0.781. The van der Waals surface area contributed by atoms with Crippen molar-refractivity contribution in [2.75, 3.05) is 5.32 Å². The third-order valence-electron chi connectivity index (χ3n) is 2.69. The van der Waals surface area contributed by atoms with Gasteiger partial charge >= 0.3 is 0 Å². The van der Waals surface area contributed by atoms with Crippen LogP contribution < -0.4 is 5.32 Å². The Balaban J connectivity index is 2.53. The highest BCUT2D eigenvalue weighted by molar-refractivity contribution is 9.10. The van der Waals surface area contributed by atoms with Gasteiger partial charge in [-0.05, 0) is 22.0 Å². The number of nitrogens with one attached hydrogen (secondary N) is 1. The lowest BCUT2D eigenvalue weighted by Crippen LogP contribution is -2.34. The normalized spacial score (nSPS) is 22.6. The van der Waals surface area contributed by atoms with E-state index in [1.54, 1.807) is 6.20 Å². The van der Waals surface area contributed by atoms with Crippen molar-refractivity contribution in [2.24, 2.45) is 0 Å².